The molecule has 2 aromatic rings. The number of aromatic nitrogens is 3. The number of pyridine rings is 1. The van der Waals surface area contributed by atoms with Crippen molar-refractivity contribution in [3.05, 3.63) is 27.5 Å². The summed E-state index contributed by atoms with van der Waals surface area (Å²) >= 11 is 6.02. The molecule has 6 nitrogen and oxygen atoms in total. The fourth-order valence-corrected chi connectivity index (χ4v) is 2.75. The molecule has 1 fully saturated rings. The second kappa shape index (κ2) is 4.20. The predicted molar refractivity (Wildman–Crippen MR) is 66.7 cm³/mol. The number of nitrogens with zero attached hydrogens (tertiary/aromatic N) is 4. The van der Waals surface area contributed by atoms with E-state index in [4.69, 9.17) is 11.6 Å². The Morgan fingerprint density at radius 1 is 1.39 bits per heavy atom. The lowest BCUT2D eigenvalue weighted by molar-refractivity contribution is -0.384. The van der Waals surface area contributed by atoms with Crippen LogP contribution in [0.3, 0.4) is 0 Å². The standard InChI is InChI=1S/C11H11ClN4O2/c12-10-8-5-14-15(7-3-1-2-4-7)11(8)13-6-9(10)16(17)18/h5-7H,1-4H2. The zero-order valence-electron chi connectivity index (χ0n) is 9.54. The van der Waals surface area contributed by atoms with Gasteiger partial charge in [-0.25, -0.2) is 9.67 Å². The van der Waals surface area contributed by atoms with Crippen molar-refractivity contribution in [2.24, 2.45) is 0 Å². The summed E-state index contributed by atoms with van der Waals surface area (Å²) in [5, 5.41) is 15.7. The Kier molecular flexibility index (Phi) is 2.66. The van der Waals surface area contributed by atoms with Gasteiger partial charge in [-0.3, -0.25) is 10.1 Å². The number of fused-ring (bicyclic) bond motifs is 1. The first-order valence-electron chi connectivity index (χ1n) is 5.84. The second-order valence-electron chi connectivity index (χ2n) is 4.48. The summed E-state index contributed by atoms with van der Waals surface area (Å²) in [6.45, 7) is 0. The first-order chi connectivity index (χ1) is 8.68. The fraction of sp³-hybridized carbons (Fsp3) is 0.455. The molecule has 1 saturated carbocycles. The summed E-state index contributed by atoms with van der Waals surface area (Å²) < 4.78 is 1.85. The minimum Gasteiger partial charge on any atom is -0.258 e. The van der Waals surface area contributed by atoms with Crippen LogP contribution in [0.2, 0.25) is 5.02 Å². The Morgan fingerprint density at radius 2 is 2.11 bits per heavy atom. The predicted octanol–water partition coefficient (Wildman–Crippen LogP) is 3.11. The van der Waals surface area contributed by atoms with E-state index in [-0.39, 0.29) is 10.7 Å². The summed E-state index contributed by atoms with van der Waals surface area (Å²) in [7, 11) is 0. The Balaban J connectivity index is 2.15. The minimum absolute atomic E-state index is 0.120. The number of nitro groups is 1. The molecule has 0 amide bonds. The number of rotatable bonds is 2. The van der Waals surface area contributed by atoms with E-state index in [1.165, 1.54) is 19.0 Å². The average Bonchev–Trinajstić information content (AvgIpc) is 2.96. The van der Waals surface area contributed by atoms with E-state index in [9.17, 15) is 10.1 Å². The Morgan fingerprint density at radius 3 is 2.78 bits per heavy atom. The van der Waals surface area contributed by atoms with Crippen LogP contribution < -0.4 is 0 Å². The highest BCUT2D eigenvalue weighted by atomic mass is 35.5. The highest BCUT2D eigenvalue weighted by molar-refractivity contribution is 6.37. The molecule has 1 aliphatic rings. The molecule has 0 spiro atoms. The summed E-state index contributed by atoms with van der Waals surface area (Å²) in [6, 6.07) is 0.340. The minimum atomic E-state index is -0.526. The van der Waals surface area contributed by atoms with Crippen molar-refractivity contribution in [2.75, 3.05) is 0 Å². The lowest BCUT2D eigenvalue weighted by Crippen LogP contribution is -2.07. The molecule has 94 valence electrons. The summed E-state index contributed by atoms with van der Waals surface area (Å²) in [5.41, 5.74) is 0.465. The largest absolute Gasteiger partial charge is 0.306 e. The summed E-state index contributed by atoms with van der Waals surface area (Å²) in [5.74, 6) is 0. The van der Waals surface area contributed by atoms with Crippen LogP contribution >= 0.6 is 11.6 Å². The van der Waals surface area contributed by atoms with Crippen LogP contribution in [0.4, 0.5) is 5.69 Å². The maximum Gasteiger partial charge on any atom is 0.306 e. The Bertz CT molecular complexity index is 619. The zero-order chi connectivity index (χ0) is 12.7. The topological polar surface area (TPSA) is 73.8 Å². The second-order valence-corrected chi connectivity index (χ2v) is 4.86. The molecule has 3 rings (SSSR count). The van der Waals surface area contributed by atoms with Gasteiger partial charge >= 0.3 is 5.69 Å². The van der Waals surface area contributed by atoms with Crippen LogP contribution in [0.15, 0.2) is 12.4 Å². The molecule has 2 aromatic heterocycles. The molecule has 0 radical (unpaired) electrons. The van der Waals surface area contributed by atoms with E-state index in [0.29, 0.717) is 17.1 Å². The average molecular weight is 267 g/mol. The van der Waals surface area contributed by atoms with E-state index in [1.807, 2.05) is 4.68 Å². The van der Waals surface area contributed by atoms with Crippen molar-refractivity contribution in [3.63, 3.8) is 0 Å². The van der Waals surface area contributed by atoms with E-state index in [2.05, 4.69) is 10.1 Å². The monoisotopic (exact) mass is 266 g/mol. The molecule has 0 aromatic carbocycles. The number of hydrogen-bond donors (Lipinski definition) is 0. The first kappa shape index (κ1) is 11.4. The molecule has 2 heterocycles. The van der Waals surface area contributed by atoms with Crippen LogP contribution in [-0.2, 0) is 0 Å². The molecule has 0 aliphatic heterocycles. The third-order valence-corrected chi connectivity index (χ3v) is 3.80. The number of halogens is 1. The van der Waals surface area contributed by atoms with Crippen LogP contribution in [0, 0.1) is 10.1 Å². The highest BCUT2D eigenvalue weighted by Gasteiger charge is 2.23. The van der Waals surface area contributed by atoms with Crippen molar-refractivity contribution in [2.45, 2.75) is 31.7 Å². The van der Waals surface area contributed by atoms with Gasteiger partial charge in [0.05, 0.1) is 22.5 Å². The number of hydrogen-bond acceptors (Lipinski definition) is 4. The van der Waals surface area contributed by atoms with E-state index < -0.39 is 4.92 Å². The van der Waals surface area contributed by atoms with Gasteiger partial charge in [0.1, 0.15) is 11.2 Å². The van der Waals surface area contributed by atoms with Gasteiger partial charge in [0.25, 0.3) is 0 Å². The smallest absolute Gasteiger partial charge is 0.258 e. The van der Waals surface area contributed by atoms with Crippen molar-refractivity contribution >= 4 is 28.3 Å². The van der Waals surface area contributed by atoms with E-state index in [0.717, 1.165) is 12.8 Å². The van der Waals surface area contributed by atoms with Crippen LogP contribution in [0.5, 0.6) is 0 Å². The molecule has 0 saturated heterocycles. The quantitative estimate of drug-likeness (QED) is 0.618. The van der Waals surface area contributed by atoms with Gasteiger partial charge in [-0.1, -0.05) is 24.4 Å². The molecular formula is C11H11ClN4O2. The molecule has 0 bridgehead atoms. The maximum absolute atomic E-state index is 10.8. The molecule has 0 N–H and O–H groups in total. The fourth-order valence-electron chi connectivity index (χ4n) is 2.50. The molecule has 7 heteroatoms. The van der Waals surface area contributed by atoms with Crippen LogP contribution in [0.1, 0.15) is 31.7 Å². The van der Waals surface area contributed by atoms with Crippen LogP contribution in [0.25, 0.3) is 11.0 Å². The van der Waals surface area contributed by atoms with Crippen molar-refractivity contribution in [1.82, 2.24) is 14.8 Å². The van der Waals surface area contributed by atoms with Gasteiger partial charge in [0, 0.05) is 0 Å². The lowest BCUT2D eigenvalue weighted by Gasteiger charge is -2.10. The van der Waals surface area contributed by atoms with Crippen molar-refractivity contribution in [1.29, 1.82) is 0 Å². The third-order valence-electron chi connectivity index (χ3n) is 3.41. The van der Waals surface area contributed by atoms with Crippen molar-refractivity contribution < 1.29 is 4.92 Å². The van der Waals surface area contributed by atoms with E-state index >= 15 is 0 Å². The molecule has 0 atom stereocenters. The summed E-state index contributed by atoms with van der Waals surface area (Å²) in [4.78, 5) is 14.4. The summed E-state index contributed by atoms with van der Waals surface area (Å²) in [6.07, 6.45) is 7.30. The maximum atomic E-state index is 10.8. The molecule has 1 aliphatic carbocycles. The van der Waals surface area contributed by atoms with E-state index in [1.54, 1.807) is 6.20 Å². The van der Waals surface area contributed by atoms with Crippen molar-refractivity contribution in [3.8, 4) is 0 Å². The molecule has 18 heavy (non-hydrogen) atoms. The van der Waals surface area contributed by atoms with Gasteiger partial charge in [-0.2, -0.15) is 5.10 Å². The van der Waals surface area contributed by atoms with Gasteiger partial charge in [-0.05, 0) is 12.8 Å². The van der Waals surface area contributed by atoms with Gasteiger partial charge in [0.2, 0.25) is 0 Å². The molecular weight excluding hydrogens is 256 g/mol. The molecule has 0 unspecified atom stereocenters. The zero-order valence-corrected chi connectivity index (χ0v) is 10.3. The Hall–Kier alpha value is -1.69. The van der Waals surface area contributed by atoms with Gasteiger partial charge in [-0.15, -0.1) is 0 Å². The van der Waals surface area contributed by atoms with Crippen LogP contribution in [-0.4, -0.2) is 19.7 Å². The van der Waals surface area contributed by atoms with Gasteiger partial charge < -0.3 is 0 Å². The first-order valence-corrected chi connectivity index (χ1v) is 6.22. The van der Waals surface area contributed by atoms with Gasteiger partial charge in [0.15, 0.2) is 5.65 Å². The Labute approximate surface area is 108 Å². The lowest BCUT2D eigenvalue weighted by atomic mass is 10.2. The third kappa shape index (κ3) is 1.64. The normalized spacial score (nSPS) is 16.5. The highest BCUT2D eigenvalue weighted by Crippen LogP contribution is 2.35. The SMILES string of the molecule is O=[N+]([O-])c1cnc2c(cnn2C2CCCC2)c1Cl.